The van der Waals surface area contributed by atoms with Gasteiger partial charge < -0.3 is 31.0 Å². The van der Waals surface area contributed by atoms with Crippen molar-refractivity contribution in [2.24, 2.45) is 0 Å². The first-order valence-electron chi connectivity index (χ1n) is 10.3. The van der Waals surface area contributed by atoms with Gasteiger partial charge in [-0.15, -0.1) is 0 Å². The first-order chi connectivity index (χ1) is 14.2. The van der Waals surface area contributed by atoms with Crippen LogP contribution in [-0.4, -0.2) is 65.7 Å². The molecule has 0 aromatic rings. The Kier molecular flexibility index (Phi) is 17.0. The van der Waals surface area contributed by atoms with Gasteiger partial charge in [0.2, 0.25) is 0 Å². The number of carbonyl (C=O) groups is 2. The quantitative estimate of drug-likeness (QED) is 0.115. The molecule has 0 radical (unpaired) electrons. The molecule has 11 heteroatoms. The Labute approximate surface area is 178 Å². The molecule has 0 aliphatic carbocycles. The van der Waals surface area contributed by atoms with Crippen LogP contribution in [0.25, 0.3) is 0 Å². The number of unbranched alkanes of at least 4 members (excludes halogenated alkanes) is 5. The number of rotatable bonds is 19. The van der Waals surface area contributed by atoms with E-state index in [9.17, 15) is 24.2 Å². The van der Waals surface area contributed by atoms with Crippen molar-refractivity contribution < 1.29 is 47.8 Å². The Morgan fingerprint density at radius 2 is 1.67 bits per heavy atom. The van der Waals surface area contributed by atoms with Crippen LogP contribution in [0.2, 0.25) is 0 Å². The molecular weight excluding hydrogens is 419 g/mol. The number of carbonyl (C=O) groups excluding carboxylic acids is 2. The molecule has 0 bridgehead atoms. The van der Waals surface area contributed by atoms with Crippen LogP contribution in [0.4, 0.5) is 0 Å². The number of phosphoric acid groups is 1. The van der Waals surface area contributed by atoms with Crippen LogP contribution in [0.15, 0.2) is 0 Å². The number of hydrogen-bond acceptors (Lipinski definition) is 9. The summed E-state index contributed by atoms with van der Waals surface area (Å²) in [5, 5.41) is 17.9. The first kappa shape index (κ1) is 29.0. The molecule has 0 spiro atoms. The molecule has 10 nitrogen and oxygen atoms in total. The summed E-state index contributed by atoms with van der Waals surface area (Å²) in [6.07, 6.45) is 4.98. The topological polar surface area (TPSA) is 149 Å². The number of hydrogen-bond donors (Lipinski definition) is 3. The molecule has 0 saturated carbocycles. The third kappa shape index (κ3) is 16.7. The Hall–Kier alpha value is -1.03. The number of phosphoric ester groups is 1. The van der Waals surface area contributed by atoms with E-state index in [0.717, 1.165) is 25.7 Å². The fraction of sp³-hybridized carbons (Fsp3) is 0.842. The lowest BCUT2D eigenvalue weighted by Crippen LogP contribution is -2.29. The van der Waals surface area contributed by atoms with Crippen LogP contribution in [0, 0.1) is 6.42 Å². The van der Waals surface area contributed by atoms with Gasteiger partial charge >= 0.3 is 13.8 Å². The Bertz CT molecular complexity index is 514. The van der Waals surface area contributed by atoms with Crippen molar-refractivity contribution in [3.63, 3.8) is 0 Å². The van der Waals surface area contributed by atoms with Crippen molar-refractivity contribution in [3.8, 4) is 0 Å². The second-order valence-corrected chi connectivity index (χ2v) is 8.21. The number of ether oxygens (including phenoxy) is 2. The lowest BCUT2D eigenvalue weighted by molar-refractivity contribution is -0.161. The minimum absolute atomic E-state index is 0.0934. The van der Waals surface area contributed by atoms with E-state index >= 15 is 0 Å². The van der Waals surface area contributed by atoms with Crippen LogP contribution in [0.3, 0.4) is 0 Å². The Morgan fingerprint density at radius 3 is 2.30 bits per heavy atom. The third-order valence-electron chi connectivity index (χ3n) is 3.88. The van der Waals surface area contributed by atoms with E-state index in [0.29, 0.717) is 12.8 Å². The largest absolute Gasteiger partial charge is 0.472 e. The number of aliphatic hydroxyl groups excluding tert-OH is 2. The van der Waals surface area contributed by atoms with Gasteiger partial charge in [-0.2, -0.15) is 6.42 Å². The molecule has 0 aliphatic heterocycles. The zero-order valence-electron chi connectivity index (χ0n) is 17.9. The predicted molar refractivity (Wildman–Crippen MR) is 108 cm³/mol. The van der Waals surface area contributed by atoms with Gasteiger partial charge in [0.1, 0.15) is 12.7 Å². The van der Waals surface area contributed by atoms with Gasteiger partial charge in [-0.05, 0) is 6.42 Å². The molecule has 0 heterocycles. The maximum absolute atomic E-state index is 12.0. The van der Waals surface area contributed by atoms with Gasteiger partial charge in [-0.1, -0.05) is 46.0 Å². The molecule has 0 aliphatic rings. The molecule has 3 atom stereocenters. The van der Waals surface area contributed by atoms with E-state index < -0.39 is 51.8 Å². The van der Waals surface area contributed by atoms with Gasteiger partial charge in [0.25, 0.3) is 5.97 Å². The van der Waals surface area contributed by atoms with Crippen molar-refractivity contribution >= 4 is 19.8 Å². The van der Waals surface area contributed by atoms with Gasteiger partial charge in [0.15, 0.2) is 6.10 Å². The van der Waals surface area contributed by atoms with E-state index in [1.807, 2.05) is 6.92 Å². The second kappa shape index (κ2) is 17.6. The molecule has 1 unspecified atom stereocenters. The lowest BCUT2D eigenvalue weighted by Gasteiger charge is -2.20. The summed E-state index contributed by atoms with van der Waals surface area (Å²) < 4.78 is 31.4. The van der Waals surface area contributed by atoms with Crippen molar-refractivity contribution in [2.45, 2.75) is 77.4 Å². The summed E-state index contributed by atoms with van der Waals surface area (Å²) in [7, 11) is -4.56. The highest BCUT2D eigenvalue weighted by molar-refractivity contribution is 7.47. The molecule has 0 aromatic carbocycles. The molecule has 0 aromatic heterocycles. The molecule has 30 heavy (non-hydrogen) atoms. The SMILES string of the molecule is CC[CH-]CC(=O)OC[C@H](COP(=O)(O)OC[C@@H](O)CO)OC(=O)CCCCCCC. The molecule has 0 fully saturated rings. The van der Waals surface area contributed by atoms with Crippen molar-refractivity contribution in [3.05, 3.63) is 6.42 Å². The highest BCUT2D eigenvalue weighted by Gasteiger charge is 2.26. The predicted octanol–water partition coefficient (Wildman–Crippen LogP) is 2.29. The fourth-order valence-electron chi connectivity index (χ4n) is 2.19. The highest BCUT2D eigenvalue weighted by Crippen LogP contribution is 2.43. The van der Waals surface area contributed by atoms with E-state index in [1.165, 1.54) is 0 Å². The summed E-state index contributed by atoms with van der Waals surface area (Å²) in [6.45, 7) is 1.81. The minimum atomic E-state index is -4.56. The molecule has 0 rings (SSSR count). The van der Waals surface area contributed by atoms with Gasteiger partial charge in [0.05, 0.1) is 19.8 Å². The van der Waals surface area contributed by atoms with E-state index in [1.54, 1.807) is 6.42 Å². The van der Waals surface area contributed by atoms with Crippen molar-refractivity contribution in [1.29, 1.82) is 0 Å². The average molecular weight is 455 g/mol. The molecule has 178 valence electrons. The smallest absolute Gasteiger partial charge is 0.464 e. The summed E-state index contributed by atoms with van der Waals surface area (Å²) in [5.74, 6) is -1.05. The lowest BCUT2D eigenvalue weighted by atomic mass is 10.1. The Morgan fingerprint density at radius 1 is 1.00 bits per heavy atom. The normalized spacial score (nSPS) is 15.2. The van der Waals surface area contributed by atoms with E-state index in [-0.39, 0.29) is 19.4 Å². The van der Waals surface area contributed by atoms with Crippen LogP contribution in [0.5, 0.6) is 0 Å². The standard InChI is InChI=1S/C19H36O10P/c1-3-5-7-8-9-11-19(23)29-17(14-26-18(22)10-6-4-2)15-28-30(24,25)27-13-16(21)12-20/h6,16-17,20-21H,3-5,7-15H2,1-2H3,(H,24,25)/q-1/t16-,17+/m0/s1. The fourth-order valence-corrected chi connectivity index (χ4v) is 2.98. The zero-order chi connectivity index (χ0) is 22.8. The highest BCUT2D eigenvalue weighted by atomic mass is 31.2. The minimum Gasteiger partial charge on any atom is -0.464 e. The number of esters is 2. The van der Waals surface area contributed by atoms with Crippen LogP contribution in [-0.2, 0) is 32.7 Å². The van der Waals surface area contributed by atoms with Crippen LogP contribution in [0.1, 0.15) is 65.2 Å². The monoisotopic (exact) mass is 455 g/mol. The molecular formula is C19H36O10P-. The van der Waals surface area contributed by atoms with Crippen LogP contribution >= 0.6 is 7.82 Å². The number of aliphatic hydroxyl groups is 2. The molecule has 0 amide bonds. The first-order valence-corrected chi connectivity index (χ1v) is 11.8. The van der Waals surface area contributed by atoms with Gasteiger partial charge in [-0.3, -0.25) is 18.6 Å². The van der Waals surface area contributed by atoms with E-state index in [4.69, 9.17) is 19.1 Å². The van der Waals surface area contributed by atoms with Gasteiger partial charge in [0, 0.05) is 6.42 Å². The maximum Gasteiger partial charge on any atom is 0.472 e. The summed E-state index contributed by atoms with van der Waals surface area (Å²) in [4.78, 5) is 33.3. The molecule has 3 N–H and O–H groups in total. The molecule has 0 saturated heterocycles. The van der Waals surface area contributed by atoms with Crippen molar-refractivity contribution in [1.82, 2.24) is 0 Å². The maximum atomic E-state index is 12.0. The summed E-state index contributed by atoms with van der Waals surface area (Å²) >= 11 is 0. The third-order valence-corrected chi connectivity index (χ3v) is 4.83. The van der Waals surface area contributed by atoms with Gasteiger partial charge in [-0.25, -0.2) is 4.57 Å². The summed E-state index contributed by atoms with van der Waals surface area (Å²) in [6, 6.07) is 0. The summed E-state index contributed by atoms with van der Waals surface area (Å²) in [5.41, 5.74) is 0. The van der Waals surface area contributed by atoms with E-state index in [2.05, 4.69) is 11.4 Å². The Balaban J connectivity index is 4.60. The van der Waals surface area contributed by atoms with Crippen molar-refractivity contribution in [2.75, 3.05) is 26.4 Å². The second-order valence-electron chi connectivity index (χ2n) is 6.76. The average Bonchev–Trinajstić information content (AvgIpc) is 2.72. The zero-order valence-corrected chi connectivity index (χ0v) is 18.8. The van der Waals surface area contributed by atoms with Crippen LogP contribution < -0.4 is 0 Å².